The third-order valence-corrected chi connectivity index (χ3v) is 8.65. The van der Waals surface area contributed by atoms with Crippen LogP contribution in [-0.2, 0) is 10.0 Å². The minimum atomic E-state index is -3.64. The van der Waals surface area contributed by atoms with Gasteiger partial charge in [-0.3, -0.25) is 9.69 Å². The number of sulfonamides is 1. The Morgan fingerprint density at radius 1 is 1.00 bits per heavy atom. The van der Waals surface area contributed by atoms with Crippen LogP contribution in [0.15, 0.2) is 53.4 Å². The lowest BCUT2D eigenvalue weighted by molar-refractivity contribution is 0.0907. The van der Waals surface area contributed by atoms with Crippen molar-refractivity contribution >= 4 is 27.5 Å². The zero-order chi connectivity index (χ0) is 23.4. The Bertz CT molecular complexity index is 1070. The number of carbonyl (C=O) groups excluding carboxylic acids is 1. The molecule has 7 nitrogen and oxygen atoms in total. The van der Waals surface area contributed by atoms with Crippen molar-refractivity contribution in [3.05, 3.63) is 64.7 Å². The molecule has 1 N–H and O–H groups in total. The fourth-order valence-corrected chi connectivity index (χ4v) is 6.11. The molecule has 1 amide bonds. The van der Waals surface area contributed by atoms with E-state index in [2.05, 4.69) is 22.2 Å². The Hall–Kier alpha value is -1.97. The quantitative estimate of drug-likeness (QED) is 0.646. The van der Waals surface area contributed by atoms with E-state index in [9.17, 15) is 13.2 Å². The summed E-state index contributed by atoms with van der Waals surface area (Å²) in [6.45, 7) is 5.52. The van der Waals surface area contributed by atoms with Gasteiger partial charge in [0.15, 0.2) is 0 Å². The van der Waals surface area contributed by atoms with Crippen molar-refractivity contribution in [3.8, 4) is 0 Å². The number of piperazine rings is 1. The highest BCUT2D eigenvalue weighted by atomic mass is 35.5. The van der Waals surface area contributed by atoms with Crippen LogP contribution >= 0.6 is 11.6 Å². The van der Waals surface area contributed by atoms with E-state index in [1.807, 2.05) is 30.3 Å². The lowest BCUT2D eigenvalue weighted by atomic mass is 10.0. The molecule has 0 bridgehead atoms. The summed E-state index contributed by atoms with van der Waals surface area (Å²) in [6.07, 6.45) is 1.70. The van der Waals surface area contributed by atoms with E-state index in [0.717, 1.165) is 44.6 Å². The number of nitrogens with zero attached hydrogens (tertiary/aromatic N) is 3. The minimum Gasteiger partial charge on any atom is -0.344 e. The van der Waals surface area contributed by atoms with Gasteiger partial charge in [0.25, 0.3) is 5.91 Å². The van der Waals surface area contributed by atoms with Gasteiger partial charge in [0.05, 0.1) is 21.5 Å². The van der Waals surface area contributed by atoms with Crippen LogP contribution in [0.3, 0.4) is 0 Å². The summed E-state index contributed by atoms with van der Waals surface area (Å²) >= 11 is 6.35. The van der Waals surface area contributed by atoms with Gasteiger partial charge in [-0.25, -0.2) is 8.42 Å². The third kappa shape index (κ3) is 5.75. The standard InChI is InChI=1S/C24H31ClN4O3S/c1-27-13-15-28(16-14-27)18-23(19-7-3-2-4-8-19)26-24(30)21-17-20(9-10-22(21)25)33(31,32)29-11-5-6-12-29/h2-4,7-10,17,23H,5-6,11-16,18H2,1H3,(H,26,30). The second-order valence-corrected chi connectivity index (χ2v) is 11.1. The van der Waals surface area contributed by atoms with Gasteiger partial charge in [0, 0.05) is 45.8 Å². The van der Waals surface area contributed by atoms with Crippen LogP contribution in [-0.4, -0.2) is 81.3 Å². The molecule has 0 aliphatic carbocycles. The summed E-state index contributed by atoms with van der Waals surface area (Å²) in [5.74, 6) is -0.374. The van der Waals surface area contributed by atoms with Crippen molar-refractivity contribution in [2.24, 2.45) is 0 Å². The van der Waals surface area contributed by atoms with Crippen LogP contribution in [0.1, 0.15) is 34.8 Å². The predicted molar refractivity (Wildman–Crippen MR) is 130 cm³/mol. The van der Waals surface area contributed by atoms with E-state index in [4.69, 9.17) is 11.6 Å². The first-order chi connectivity index (χ1) is 15.8. The van der Waals surface area contributed by atoms with Crippen molar-refractivity contribution < 1.29 is 13.2 Å². The molecule has 1 atom stereocenters. The highest BCUT2D eigenvalue weighted by molar-refractivity contribution is 7.89. The van der Waals surface area contributed by atoms with Gasteiger partial charge in [-0.1, -0.05) is 41.9 Å². The maximum Gasteiger partial charge on any atom is 0.253 e. The number of halogens is 1. The molecular weight excluding hydrogens is 460 g/mol. The monoisotopic (exact) mass is 490 g/mol. The maximum atomic E-state index is 13.3. The van der Waals surface area contributed by atoms with E-state index >= 15 is 0 Å². The number of rotatable bonds is 7. The Labute approximate surface area is 201 Å². The molecule has 9 heteroatoms. The zero-order valence-electron chi connectivity index (χ0n) is 18.9. The number of hydrogen-bond donors (Lipinski definition) is 1. The van der Waals surface area contributed by atoms with Gasteiger partial charge in [-0.05, 0) is 43.7 Å². The number of nitrogens with one attached hydrogen (secondary N) is 1. The summed E-state index contributed by atoms with van der Waals surface area (Å²) in [7, 11) is -1.53. The number of benzene rings is 2. The average molecular weight is 491 g/mol. The predicted octanol–water partition coefficient (Wildman–Crippen LogP) is 2.84. The normalized spacial score (nSPS) is 19.5. The lowest BCUT2D eigenvalue weighted by Crippen LogP contribution is -2.47. The van der Waals surface area contributed by atoms with E-state index < -0.39 is 10.0 Å². The largest absolute Gasteiger partial charge is 0.344 e. The van der Waals surface area contributed by atoms with Crippen LogP contribution in [0.2, 0.25) is 5.02 Å². The molecule has 2 aromatic rings. The second kappa shape index (κ2) is 10.5. The van der Waals surface area contributed by atoms with Crippen molar-refractivity contribution in [2.45, 2.75) is 23.8 Å². The number of carbonyl (C=O) groups is 1. The van der Waals surface area contributed by atoms with Crippen LogP contribution in [0.5, 0.6) is 0 Å². The highest BCUT2D eigenvalue weighted by Gasteiger charge is 2.29. The van der Waals surface area contributed by atoms with Gasteiger partial charge >= 0.3 is 0 Å². The van der Waals surface area contributed by atoms with Crippen LogP contribution in [0, 0.1) is 0 Å². The van der Waals surface area contributed by atoms with Gasteiger partial charge in [-0.15, -0.1) is 0 Å². The van der Waals surface area contributed by atoms with Crippen molar-refractivity contribution in [3.63, 3.8) is 0 Å². The van der Waals surface area contributed by atoms with Crippen LogP contribution in [0.4, 0.5) is 0 Å². The van der Waals surface area contributed by atoms with Crippen molar-refractivity contribution in [2.75, 3.05) is 52.9 Å². The molecule has 2 heterocycles. The Morgan fingerprint density at radius 3 is 2.33 bits per heavy atom. The van der Waals surface area contributed by atoms with Crippen LogP contribution < -0.4 is 5.32 Å². The Morgan fingerprint density at radius 2 is 1.67 bits per heavy atom. The second-order valence-electron chi connectivity index (χ2n) is 8.79. The molecule has 0 radical (unpaired) electrons. The fourth-order valence-electron chi connectivity index (χ4n) is 4.36. The average Bonchev–Trinajstić information content (AvgIpc) is 3.37. The van der Waals surface area contributed by atoms with Gasteiger partial charge in [-0.2, -0.15) is 4.31 Å². The fraction of sp³-hybridized carbons (Fsp3) is 0.458. The molecule has 0 spiro atoms. The molecule has 2 saturated heterocycles. The van der Waals surface area contributed by atoms with Crippen molar-refractivity contribution in [1.29, 1.82) is 0 Å². The number of likely N-dealkylation sites (N-methyl/N-ethyl adjacent to an activating group) is 1. The van der Waals surface area contributed by atoms with Crippen molar-refractivity contribution in [1.82, 2.24) is 19.4 Å². The third-order valence-electron chi connectivity index (χ3n) is 6.43. The molecule has 178 valence electrons. The Kier molecular flexibility index (Phi) is 7.71. The van der Waals surface area contributed by atoms with Gasteiger partial charge < -0.3 is 10.2 Å². The SMILES string of the molecule is CN1CCN(CC(NC(=O)c2cc(S(=O)(=O)N3CCCC3)ccc2Cl)c2ccccc2)CC1. The molecule has 33 heavy (non-hydrogen) atoms. The summed E-state index contributed by atoms with van der Waals surface area (Å²) in [5, 5.41) is 3.35. The molecule has 1 unspecified atom stereocenters. The summed E-state index contributed by atoms with van der Waals surface area (Å²) < 4.78 is 27.5. The number of amides is 1. The molecule has 2 aliphatic heterocycles. The molecular formula is C24H31ClN4O3S. The summed E-state index contributed by atoms with van der Waals surface area (Å²) in [4.78, 5) is 18.0. The van der Waals surface area contributed by atoms with E-state index in [1.54, 1.807) is 0 Å². The molecule has 2 aromatic carbocycles. The van der Waals surface area contributed by atoms with Crippen LogP contribution in [0.25, 0.3) is 0 Å². The van der Waals surface area contributed by atoms with Gasteiger partial charge in [0.2, 0.25) is 10.0 Å². The summed E-state index contributed by atoms with van der Waals surface area (Å²) in [5.41, 5.74) is 1.18. The zero-order valence-corrected chi connectivity index (χ0v) is 20.5. The summed E-state index contributed by atoms with van der Waals surface area (Å²) in [6, 6.07) is 14.0. The first kappa shape index (κ1) is 24.2. The Balaban J connectivity index is 1.56. The number of hydrogen-bond acceptors (Lipinski definition) is 5. The van der Waals surface area contributed by atoms with E-state index in [0.29, 0.717) is 19.6 Å². The molecule has 0 saturated carbocycles. The lowest BCUT2D eigenvalue weighted by Gasteiger charge is -2.35. The van der Waals surface area contributed by atoms with Gasteiger partial charge in [0.1, 0.15) is 0 Å². The first-order valence-electron chi connectivity index (χ1n) is 11.4. The van der Waals surface area contributed by atoms with E-state index in [1.165, 1.54) is 22.5 Å². The highest BCUT2D eigenvalue weighted by Crippen LogP contribution is 2.26. The molecule has 0 aromatic heterocycles. The van der Waals surface area contributed by atoms with E-state index in [-0.39, 0.29) is 27.4 Å². The molecule has 2 aliphatic rings. The molecule has 4 rings (SSSR count). The maximum absolute atomic E-state index is 13.3. The minimum absolute atomic E-state index is 0.106. The molecule has 2 fully saturated rings. The topological polar surface area (TPSA) is 73.0 Å². The smallest absolute Gasteiger partial charge is 0.253 e. The first-order valence-corrected chi connectivity index (χ1v) is 13.2.